The average molecular weight is 275 g/mol. The number of nitrogens with zero attached hydrogens (tertiary/aromatic N) is 2. The van der Waals surface area contributed by atoms with E-state index in [9.17, 15) is 0 Å². The molecule has 0 radical (unpaired) electrons. The van der Waals surface area contributed by atoms with Gasteiger partial charge < -0.3 is 14.6 Å². The molecule has 1 aliphatic heterocycles. The molecule has 2 heterocycles. The predicted molar refractivity (Wildman–Crippen MR) is 70.3 cm³/mol. The van der Waals surface area contributed by atoms with Crippen molar-refractivity contribution in [3.8, 4) is 0 Å². The van der Waals surface area contributed by atoms with Crippen molar-refractivity contribution in [2.24, 2.45) is 0 Å². The molecule has 2 rings (SSSR count). The zero-order chi connectivity index (χ0) is 11.9. The first kappa shape index (κ1) is 13.2. The lowest BCUT2D eigenvalue weighted by atomic mass is 10.4. The van der Waals surface area contributed by atoms with Crippen LogP contribution in [-0.2, 0) is 17.9 Å². The second-order valence-electron chi connectivity index (χ2n) is 3.77. The van der Waals surface area contributed by atoms with Crippen LogP contribution in [0, 0.1) is 0 Å². The summed E-state index contributed by atoms with van der Waals surface area (Å²) in [4.78, 5) is 4.23. The molecule has 1 fully saturated rings. The normalized spacial score (nSPS) is 18.2. The molecule has 0 saturated carbocycles. The molecule has 1 saturated heterocycles. The van der Waals surface area contributed by atoms with Gasteiger partial charge in [-0.15, -0.1) is 0 Å². The minimum absolute atomic E-state index is 0.377. The van der Waals surface area contributed by atoms with Crippen LogP contribution in [0.1, 0.15) is 11.7 Å². The van der Waals surface area contributed by atoms with Crippen molar-refractivity contribution < 1.29 is 9.26 Å². The first-order chi connectivity index (χ1) is 8.38. The molecule has 0 atom stereocenters. The molecule has 0 spiro atoms. The number of rotatable bonds is 5. The van der Waals surface area contributed by atoms with Crippen LogP contribution in [-0.4, -0.2) is 46.3 Å². The molecule has 0 bridgehead atoms. The highest BCUT2D eigenvalue weighted by molar-refractivity contribution is 8.03. The molecule has 96 valence electrons. The van der Waals surface area contributed by atoms with Crippen LogP contribution in [0.2, 0.25) is 0 Å². The molecule has 1 aromatic rings. The summed E-state index contributed by atoms with van der Waals surface area (Å²) in [7, 11) is 1.61. The number of hydrogen-bond donors (Lipinski definition) is 1. The molecule has 0 aromatic carbocycles. The summed E-state index contributed by atoms with van der Waals surface area (Å²) in [5.74, 6) is 6.07. The molecule has 1 aliphatic rings. The van der Waals surface area contributed by atoms with Gasteiger partial charge in [0.15, 0.2) is 5.82 Å². The van der Waals surface area contributed by atoms with Crippen LogP contribution in [0.5, 0.6) is 0 Å². The molecule has 0 amide bonds. The Morgan fingerprint density at radius 1 is 1.41 bits per heavy atom. The Morgan fingerprint density at radius 3 is 2.88 bits per heavy atom. The third-order valence-corrected chi connectivity index (χ3v) is 4.86. The van der Waals surface area contributed by atoms with E-state index in [0.29, 0.717) is 30.9 Å². The third kappa shape index (κ3) is 4.50. The summed E-state index contributed by atoms with van der Waals surface area (Å²) in [5.41, 5.74) is 0. The van der Waals surface area contributed by atoms with Crippen LogP contribution in [0.25, 0.3) is 0 Å². The van der Waals surface area contributed by atoms with Crippen molar-refractivity contribution in [1.82, 2.24) is 15.5 Å². The standard InChI is InChI=1S/C10H17N3O2S2/c1-14-5-10-12-9(13-15-10)4-11-8-6-16-2-3-17-7-8/h8,11H,2-7H2,1H3. The highest BCUT2D eigenvalue weighted by atomic mass is 32.2. The second kappa shape index (κ2) is 7.25. The molecule has 17 heavy (non-hydrogen) atoms. The van der Waals surface area contributed by atoms with Crippen molar-refractivity contribution in [3.05, 3.63) is 11.7 Å². The number of methoxy groups -OCH3 is 1. The summed E-state index contributed by atoms with van der Waals surface area (Å²) >= 11 is 4.01. The monoisotopic (exact) mass is 275 g/mol. The highest BCUT2D eigenvalue weighted by Crippen LogP contribution is 2.16. The maximum atomic E-state index is 5.03. The molecule has 1 aromatic heterocycles. The molecule has 0 aliphatic carbocycles. The van der Waals surface area contributed by atoms with E-state index in [0.717, 1.165) is 11.5 Å². The van der Waals surface area contributed by atoms with Gasteiger partial charge in [-0.25, -0.2) is 0 Å². The van der Waals surface area contributed by atoms with Crippen LogP contribution >= 0.6 is 23.5 Å². The Kier molecular flexibility index (Phi) is 5.63. The van der Waals surface area contributed by atoms with E-state index in [2.05, 4.69) is 15.5 Å². The van der Waals surface area contributed by atoms with Crippen molar-refractivity contribution >= 4 is 23.5 Å². The van der Waals surface area contributed by atoms with E-state index >= 15 is 0 Å². The maximum absolute atomic E-state index is 5.03. The minimum Gasteiger partial charge on any atom is -0.375 e. The van der Waals surface area contributed by atoms with E-state index in [1.165, 1.54) is 11.5 Å². The van der Waals surface area contributed by atoms with E-state index in [-0.39, 0.29) is 0 Å². The summed E-state index contributed by atoms with van der Waals surface area (Å²) in [5, 5.41) is 7.37. The number of aromatic nitrogens is 2. The largest absolute Gasteiger partial charge is 0.375 e. The van der Waals surface area contributed by atoms with Crippen molar-refractivity contribution in [2.45, 2.75) is 19.2 Å². The lowest BCUT2D eigenvalue weighted by molar-refractivity contribution is 0.151. The van der Waals surface area contributed by atoms with Gasteiger partial charge in [-0.3, -0.25) is 0 Å². The quantitative estimate of drug-likeness (QED) is 0.865. The highest BCUT2D eigenvalue weighted by Gasteiger charge is 2.13. The maximum Gasteiger partial charge on any atom is 0.252 e. The Hall–Kier alpha value is -0.240. The molecule has 5 nitrogen and oxygen atoms in total. The fourth-order valence-electron chi connectivity index (χ4n) is 1.51. The fraction of sp³-hybridized carbons (Fsp3) is 0.800. The van der Waals surface area contributed by atoms with Crippen molar-refractivity contribution in [1.29, 1.82) is 0 Å². The van der Waals surface area contributed by atoms with Gasteiger partial charge in [0.25, 0.3) is 5.89 Å². The zero-order valence-electron chi connectivity index (χ0n) is 9.85. The van der Waals surface area contributed by atoms with Crippen molar-refractivity contribution in [2.75, 3.05) is 30.1 Å². The Morgan fingerprint density at radius 2 is 2.18 bits per heavy atom. The number of hydrogen-bond acceptors (Lipinski definition) is 7. The molecular weight excluding hydrogens is 258 g/mol. The van der Waals surface area contributed by atoms with Gasteiger partial charge in [0.2, 0.25) is 0 Å². The number of ether oxygens (including phenoxy) is 1. The Bertz CT molecular complexity index is 327. The van der Waals surface area contributed by atoms with E-state index in [1.807, 2.05) is 23.5 Å². The van der Waals surface area contributed by atoms with Gasteiger partial charge in [0, 0.05) is 36.2 Å². The van der Waals surface area contributed by atoms with Crippen LogP contribution in [0.3, 0.4) is 0 Å². The van der Waals surface area contributed by atoms with Gasteiger partial charge >= 0.3 is 0 Å². The lowest BCUT2D eigenvalue weighted by Gasteiger charge is -2.13. The summed E-state index contributed by atoms with van der Waals surface area (Å²) < 4.78 is 9.96. The predicted octanol–water partition coefficient (Wildman–Crippen LogP) is 1.15. The van der Waals surface area contributed by atoms with Crippen LogP contribution < -0.4 is 5.32 Å². The average Bonchev–Trinajstić information content (AvgIpc) is 2.63. The van der Waals surface area contributed by atoms with Gasteiger partial charge in [0.05, 0.1) is 6.54 Å². The van der Waals surface area contributed by atoms with Gasteiger partial charge in [0.1, 0.15) is 6.61 Å². The molecule has 0 unspecified atom stereocenters. The first-order valence-electron chi connectivity index (χ1n) is 5.57. The lowest BCUT2D eigenvalue weighted by Crippen LogP contribution is -2.33. The van der Waals surface area contributed by atoms with E-state index < -0.39 is 0 Å². The summed E-state index contributed by atoms with van der Waals surface area (Å²) in [6.07, 6.45) is 0. The van der Waals surface area contributed by atoms with Gasteiger partial charge in [-0.1, -0.05) is 5.16 Å². The number of thioether (sulfide) groups is 2. The Labute approximate surface area is 109 Å². The molecule has 1 N–H and O–H groups in total. The minimum atomic E-state index is 0.377. The smallest absolute Gasteiger partial charge is 0.252 e. The first-order valence-corrected chi connectivity index (χ1v) is 7.88. The fourth-order valence-corrected chi connectivity index (χ4v) is 3.98. The summed E-state index contributed by atoms with van der Waals surface area (Å²) in [6.45, 7) is 1.04. The second-order valence-corrected chi connectivity index (χ2v) is 6.06. The van der Waals surface area contributed by atoms with Gasteiger partial charge in [-0.2, -0.15) is 28.5 Å². The molecular formula is C10H17N3O2S2. The summed E-state index contributed by atoms with van der Waals surface area (Å²) in [6, 6.07) is 0.539. The number of nitrogens with one attached hydrogen (secondary N) is 1. The Balaban J connectivity index is 1.75. The SMILES string of the molecule is COCc1nc(CNC2CSCCSC2)no1. The van der Waals surface area contributed by atoms with E-state index in [1.54, 1.807) is 7.11 Å². The van der Waals surface area contributed by atoms with Crippen LogP contribution in [0.15, 0.2) is 4.52 Å². The molecule has 7 heteroatoms. The topological polar surface area (TPSA) is 60.2 Å². The zero-order valence-corrected chi connectivity index (χ0v) is 11.5. The third-order valence-electron chi connectivity index (χ3n) is 2.34. The van der Waals surface area contributed by atoms with Gasteiger partial charge in [-0.05, 0) is 0 Å². The van der Waals surface area contributed by atoms with E-state index in [4.69, 9.17) is 9.26 Å². The van der Waals surface area contributed by atoms with Crippen LogP contribution in [0.4, 0.5) is 0 Å². The van der Waals surface area contributed by atoms with Crippen molar-refractivity contribution in [3.63, 3.8) is 0 Å².